The van der Waals surface area contributed by atoms with Crippen molar-refractivity contribution in [3.05, 3.63) is 71.9 Å². The fraction of sp³-hybridized carbons (Fsp3) is 0.292. The predicted molar refractivity (Wildman–Crippen MR) is 117 cm³/mol. The Kier molecular flexibility index (Phi) is 5.65. The highest BCUT2D eigenvalue weighted by molar-refractivity contribution is 6.00. The fourth-order valence-corrected chi connectivity index (χ4v) is 3.85. The SMILES string of the molecule is CC(=O)N1CCCN(C(=O)c2cn(-c3ccccc3)nc2-c2cccc(C)c2)CC1. The molecule has 30 heavy (non-hydrogen) atoms. The first-order chi connectivity index (χ1) is 14.5. The van der Waals surface area contributed by atoms with E-state index in [1.165, 1.54) is 0 Å². The first kappa shape index (κ1) is 19.9. The van der Waals surface area contributed by atoms with Crippen LogP contribution in [-0.4, -0.2) is 57.6 Å². The van der Waals surface area contributed by atoms with Crippen LogP contribution in [-0.2, 0) is 4.79 Å². The molecule has 1 saturated heterocycles. The van der Waals surface area contributed by atoms with Crippen molar-refractivity contribution >= 4 is 11.8 Å². The minimum absolute atomic E-state index is 0.0425. The molecule has 1 aromatic heterocycles. The van der Waals surface area contributed by atoms with Gasteiger partial charge in [0.1, 0.15) is 5.69 Å². The molecule has 1 aliphatic rings. The summed E-state index contributed by atoms with van der Waals surface area (Å²) in [6.07, 6.45) is 2.60. The van der Waals surface area contributed by atoms with Gasteiger partial charge in [0.25, 0.3) is 5.91 Å². The maximum atomic E-state index is 13.5. The van der Waals surface area contributed by atoms with Crippen LogP contribution in [0.25, 0.3) is 16.9 Å². The van der Waals surface area contributed by atoms with Gasteiger partial charge < -0.3 is 9.80 Å². The molecule has 4 rings (SSSR count). The van der Waals surface area contributed by atoms with Gasteiger partial charge >= 0.3 is 0 Å². The summed E-state index contributed by atoms with van der Waals surface area (Å²) in [7, 11) is 0. The summed E-state index contributed by atoms with van der Waals surface area (Å²) in [4.78, 5) is 28.9. The molecular formula is C24H26N4O2. The summed E-state index contributed by atoms with van der Waals surface area (Å²) in [5.74, 6) is 0.0146. The molecule has 0 saturated carbocycles. The molecule has 2 heterocycles. The van der Waals surface area contributed by atoms with Gasteiger partial charge in [0.2, 0.25) is 5.91 Å². The lowest BCUT2D eigenvalue weighted by Gasteiger charge is -2.21. The average Bonchev–Trinajstić information content (AvgIpc) is 3.04. The number of carbonyl (C=O) groups is 2. The maximum Gasteiger partial charge on any atom is 0.257 e. The molecule has 6 nitrogen and oxygen atoms in total. The summed E-state index contributed by atoms with van der Waals surface area (Å²) in [5.41, 5.74) is 4.21. The summed E-state index contributed by atoms with van der Waals surface area (Å²) < 4.78 is 1.77. The molecule has 1 fully saturated rings. The molecule has 0 N–H and O–H groups in total. The molecule has 0 atom stereocenters. The lowest BCUT2D eigenvalue weighted by molar-refractivity contribution is -0.128. The van der Waals surface area contributed by atoms with E-state index in [0.717, 1.165) is 23.2 Å². The van der Waals surface area contributed by atoms with Gasteiger partial charge in [0, 0.05) is 44.9 Å². The van der Waals surface area contributed by atoms with E-state index < -0.39 is 0 Å². The van der Waals surface area contributed by atoms with E-state index in [1.807, 2.05) is 77.5 Å². The summed E-state index contributed by atoms with van der Waals surface area (Å²) in [6, 6.07) is 17.9. The van der Waals surface area contributed by atoms with Crippen LogP contribution >= 0.6 is 0 Å². The Balaban J connectivity index is 1.71. The Labute approximate surface area is 176 Å². The zero-order valence-electron chi connectivity index (χ0n) is 17.4. The number of hydrogen-bond acceptors (Lipinski definition) is 3. The van der Waals surface area contributed by atoms with Gasteiger partial charge in [-0.15, -0.1) is 0 Å². The second-order valence-corrected chi connectivity index (χ2v) is 7.69. The number of amides is 2. The second kappa shape index (κ2) is 8.53. The highest BCUT2D eigenvalue weighted by Crippen LogP contribution is 2.26. The van der Waals surface area contributed by atoms with E-state index in [2.05, 4.69) is 0 Å². The molecule has 0 bridgehead atoms. The molecule has 0 radical (unpaired) electrons. The number of aryl methyl sites for hydroxylation is 1. The van der Waals surface area contributed by atoms with E-state index in [1.54, 1.807) is 11.6 Å². The summed E-state index contributed by atoms with van der Waals surface area (Å²) in [6.45, 7) is 6.02. The molecule has 3 aromatic rings. The molecular weight excluding hydrogens is 376 g/mol. The summed E-state index contributed by atoms with van der Waals surface area (Å²) >= 11 is 0. The fourth-order valence-electron chi connectivity index (χ4n) is 3.85. The number of rotatable bonds is 3. The maximum absolute atomic E-state index is 13.5. The van der Waals surface area contributed by atoms with Gasteiger partial charge in [0.15, 0.2) is 0 Å². The Bertz CT molecular complexity index is 1060. The molecule has 2 aromatic carbocycles. The van der Waals surface area contributed by atoms with Crippen molar-refractivity contribution in [2.24, 2.45) is 0 Å². The smallest absolute Gasteiger partial charge is 0.257 e. The van der Waals surface area contributed by atoms with Crippen molar-refractivity contribution in [1.29, 1.82) is 0 Å². The monoisotopic (exact) mass is 402 g/mol. The first-order valence-corrected chi connectivity index (χ1v) is 10.3. The number of para-hydroxylation sites is 1. The van der Waals surface area contributed by atoms with Crippen LogP contribution in [0.5, 0.6) is 0 Å². The highest BCUT2D eigenvalue weighted by atomic mass is 16.2. The van der Waals surface area contributed by atoms with Crippen molar-refractivity contribution in [2.75, 3.05) is 26.2 Å². The average molecular weight is 402 g/mol. The third kappa shape index (κ3) is 4.13. The van der Waals surface area contributed by atoms with Gasteiger partial charge in [-0.1, -0.05) is 42.0 Å². The van der Waals surface area contributed by atoms with E-state index >= 15 is 0 Å². The zero-order chi connectivity index (χ0) is 21.1. The Morgan fingerprint density at radius 1 is 0.900 bits per heavy atom. The van der Waals surface area contributed by atoms with Crippen molar-refractivity contribution in [2.45, 2.75) is 20.3 Å². The quantitative estimate of drug-likeness (QED) is 0.673. The largest absolute Gasteiger partial charge is 0.341 e. The zero-order valence-corrected chi connectivity index (χ0v) is 17.4. The standard InChI is InChI=1S/C24H26N4O2/c1-18-8-6-9-20(16-18)23-22(17-28(25-23)21-10-4-3-5-11-21)24(30)27-13-7-12-26(14-15-27)19(2)29/h3-6,8-11,16-17H,7,12-15H2,1-2H3. The van der Waals surface area contributed by atoms with Crippen LogP contribution in [0.2, 0.25) is 0 Å². The highest BCUT2D eigenvalue weighted by Gasteiger charge is 2.26. The Morgan fingerprint density at radius 3 is 2.37 bits per heavy atom. The van der Waals surface area contributed by atoms with Crippen LogP contribution in [0.15, 0.2) is 60.8 Å². The van der Waals surface area contributed by atoms with E-state index in [4.69, 9.17) is 5.10 Å². The molecule has 2 amide bonds. The van der Waals surface area contributed by atoms with Gasteiger partial charge in [-0.2, -0.15) is 5.10 Å². The first-order valence-electron chi connectivity index (χ1n) is 10.3. The minimum Gasteiger partial charge on any atom is -0.341 e. The Morgan fingerprint density at radius 2 is 1.63 bits per heavy atom. The minimum atomic E-state index is -0.0425. The van der Waals surface area contributed by atoms with E-state index in [0.29, 0.717) is 37.4 Å². The van der Waals surface area contributed by atoms with E-state index in [9.17, 15) is 9.59 Å². The molecule has 1 aliphatic heterocycles. The van der Waals surface area contributed by atoms with Gasteiger partial charge in [0.05, 0.1) is 11.3 Å². The normalized spacial score (nSPS) is 14.5. The van der Waals surface area contributed by atoms with Crippen LogP contribution in [0.4, 0.5) is 0 Å². The van der Waals surface area contributed by atoms with Crippen LogP contribution in [0.1, 0.15) is 29.3 Å². The Hall–Kier alpha value is -3.41. The second-order valence-electron chi connectivity index (χ2n) is 7.69. The van der Waals surface area contributed by atoms with Crippen molar-refractivity contribution in [3.63, 3.8) is 0 Å². The lowest BCUT2D eigenvalue weighted by atomic mass is 10.0. The number of hydrogen-bond donors (Lipinski definition) is 0. The predicted octanol–water partition coefficient (Wildman–Crippen LogP) is 3.54. The number of aromatic nitrogens is 2. The van der Waals surface area contributed by atoms with Crippen molar-refractivity contribution in [3.8, 4) is 16.9 Å². The van der Waals surface area contributed by atoms with E-state index in [-0.39, 0.29) is 11.8 Å². The number of benzene rings is 2. The molecule has 0 spiro atoms. The van der Waals surface area contributed by atoms with Crippen LogP contribution in [0.3, 0.4) is 0 Å². The number of carbonyl (C=O) groups excluding carboxylic acids is 2. The van der Waals surface area contributed by atoms with Crippen molar-refractivity contribution in [1.82, 2.24) is 19.6 Å². The molecule has 6 heteroatoms. The van der Waals surface area contributed by atoms with Gasteiger partial charge in [-0.25, -0.2) is 4.68 Å². The topological polar surface area (TPSA) is 58.4 Å². The van der Waals surface area contributed by atoms with Crippen molar-refractivity contribution < 1.29 is 9.59 Å². The van der Waals surface area contributed by atoms with Gasteiger partial charge in [-0.3, -0.25) is 9.59 Å². The molecule has 0 aliphatic carbocycles. The third-order valence-electron chi connectivity index (χ3n) is 5.49. The molecule has 0 unspecified atom stereocenters. The number of nitrogens with zero attached hydrogens (tertiary/aromatic N) is 4. The van der Waals surface area contributed by atoms with Crippen LogP contribution in [0, 0.1) is 6.92 Å². The van der Waals surface area contributed by atoms with Gasteiger partial charge in [-0.05, 0) is 31.5 Å². The lowest BCUT2D eigenvalue weighted by Crippen LogP contribution is -2.36. The third-order valence-corrected chi connectivity index (χ3v) is 5.49. The molecule has 154 valence electrons. The summed E-state index contributed by atoms with van der Waals surface area (Å²) in [5, 5.41) is 4.78. The van der Waals surface area contributed by atoms with Crippen LogP contribution < -0.4 is 0 Å².